The molecule has 2 heteroatoms. The van der Waals surface area contributed by atoms with Crippen molar-refractivity contribution in [2.24, 2.45) is 5.92 Å². The molecule has 0 aromatic heterocycles. The number of hydrogen-bond acceptors (Lipinski definition) is 1. The highest BCUT2D eigenvalue weighted by atomic mass is 79.9. The molecule has 0 N–H and O–H groups in total. The van der Waals surface area contributed by atoms with Gasteiger partial charge >= 0.3 is 0 Å². The maximum atomic E-state index is 3.76. The third kappa shape index (κ3) is 3.32. The average molecular weight is 296 g/mol. The molecule has 2 atom stereocenters. The molecule has 17 heavy (non-hydrogen) atoms. The topological polar surface area (TPSA) is 3.24 Å². The lowest BCUT2D eigenvalue weighted by Crippen LogP contribution is -2.39. The number of likely N-dealkylation sites (tertiary alicyclic amines) is 1. The van der Waals surface area contributed by atoms with Crippen LogP contribution in [0.2, 0.25) is 0 Å². The van der Waals surface area contributed by atoms with E-state index >= 15 is 0 Å². The lowest BCUT2D eigenvalue weighted by Gasteiger charge is -2.34. The van der Waals surface area contributed by atoms with E-state index in [2.05, 4.69) is 59.8 Å². The number of halogens is 1. The Morgan fingerprint density at radius 3 is 2.71 bits per heavy atom. The van der Waals surface area contributed by atoms with Crippen LogP contribution >= 0.6 is 15.9 Å². The maximum Gasteiger partial charge on any atom is 0.0233 e. The van der Waals surface area contributed by atoms with E-state index in [0.29, 0.717) is 4.83 Å². The Hall–Kier alpha value is -0.340. The Morgan fingerprint density at radius 1 is 1.29 bits per heavy atom. The average Bonchev–Trinajstić information content (AvgIpc) is 2.29. The van der Waals surface area contributed by atoms with Crippen molar-refractivity contribution in [2.75, 3.05) is 13.1 Å². The fourth-order valence-electron chi connectivity index (χ4n) is 2.51. The summed E-state index contributed by atoms with van der Waals surface area (Å²) in [5.41, 5.74) is 4.25. The van der Waals surface area contributed by atoms with Gasteiger partial charge in [0.05, 0.1) is 0 Å². The third-order valence-corrected chi connectivity index (χ3v) is 5.22. The smallest absolute Gasteiger partial charge is 0.0233 e. The molecule has 2 rings (SSSR count). The molecule has 1 nitrogen and oxygen atoms in total. The number of aryl methyl sites for hydroxylation is 2. The Kier molecular flexibility index (Phi) is 4.26. The molecule has 1 aliphatic heterocycles. The molecule has 1 fully saturated rings. The summed E-state index contributed by atoms with van der Waals surface area (Å²) in [5, 5.41) is 0. The van der Waals surface area contributed by atoms with Crippen molar-refractivity contribution in [2.45, 2.75) is 38.6 Å². The third-order valence-electron chi connectivity index (χ3n) is 3.86. The first kappa shape index (κ1) is 13.1. The van der Waals surface area contributed by atoms with Gasteiger partial charge in [0.15, 0.2) is 0 Å². The molecular weight excluding hydrogens is 274 g/mol. The van der Waals surface area contributed by atoms with Crippen molar-refractivity contribution >= 4 is 15.9 Å². The van der Waals surface area contributed by atoms with E-state index in [1.165, 1.54) is 36.2 Å². The van der Waals surface area contributed by atoms with Gasteiger partial charge in [-0.1, -0.05) is 41.1 Å². The van der Waals surface area contributed by atoms with Crippen LogP contribution in [0.1, 0.15) is 30.0 Å². The molecule has 1 aromatic rings. The normalized spacial score (nSPS) is 26.1. The zero-order valence-corrected chi connectivity index (χ0v) is 12.6. The summed E-state index contributed by atoms with van der Waals surface area (Å²) in [6, 6.07) is 6.85. The number of nitrogens with zero attached hydrogens (tertiary/aromatic N) is 1. The number of rotatable bonds is 2. The van der Waals surface area contributed by atoms with Gasteiger partial charge in [-0.05, 0) is 49.4 Å². The summed E-state index contributed by atoms with van der Waals surface area (Å²) >= 11 is 3.76. The van der Waals surface area contributed by atoms with Crippen LogP contribution in [0.3, 0.4) is 0 Å². The lowest BCUT2D eigenvalue weighted by molar-refractivity contribution is 0.183. The van der Waals surface area contributed by atoms with E-state index in [4.69, 9.17) is 0 Å². The summed E-state index contributed by atoms with van der Waals surface area (Å²) in [4.78, 5) is 3.28. The molecule has 0 spiro atoms. The second-order valence-corrected chi connectivity index (χ2v) is 6.61. The standard InChI is InChI=1S/C15H22BrN/c1-11-4-5-14(8-12(11)2)10-17-7-6-15(16)13(3)9-17/h4-5,8,13,15H,6-7,9-10H2,1-3H3. The summed E-state index contributed by atoms with van der Waals surface area (Å²) in [6.45, 7) is 10.2. The van der Waals surface area contributed by atoms with Crippen molar-refractivity contribution in [3.05, 3.63) is 34.9 Å². The second-order valence-electron chi connectivity index (χ2n) is 5.44. The van der Waals surface area contributed by atoms with E-state index in [-0.39, 0.29) is 0 Å². The Labute approximate surface area is 113 Å². The highest BCUT2D eigenvalue weighted by Gasteiger charge is 2.23. The minimum Gasteiger partial charge on any atom is -0.299 e. The van der Waals surface area contributed by atoms with E-state index in [1.54, 1.807) is 0 Å². The molecule has 0 radical (unpaired) electrons. The van der Waals surface area contributed by atoms with Gasteiger partial charge in [0, 0.05) is 17.9 Å². The van der Waals surface area contributed by atoms with Crippen molar-refractivity contribution < 1.29 is 0 Å². The van der Waals surface area contributed by atoms with Crippen molar-refractivity contribution in [1.29, 1.82) is 0 Å². The van der Waals surface area contributed by atoms with Crippen LogP contribution in [0.15, 0.2) is 18.2 Å². The van der Waals surface area contributed by atoms with Gasteiger partial charge in [-0.2, -0.15) is 0 Å². The molecule has 0 amide bonds. The highest BCUT2D eigenvalue weighted by molar-refractivity contribution is 9.09. The minimum atomic E-state index is 0.707. The van der Waals surface area contributed by atoms with Crippen LogP contribution in [-0.4, -0.2) is 22.8 Å². The van der Waals surface area contributed by atoms with E-state index in [9.17, 15) is 0 Å². The van der Waals surface area contributed by atoms with Crippen molar-refractivity contribution in [1.82, 2.24) is 4.90 Å². The highest BCUT2D eigenvalue weighted by Crippen LogP contribution is 2.24. The van der Waals surface area contributed by atoms with E-state index in [0.717, 1.165) is 12.5 Å². The molecule has 1 saturated heterocycles. The summed E-state index contributed by atoms with van der Waals surface area (Å²) in [6.07, 6.45) is 1.27. The first-order chi connectivity index (χ1) is 8.06. The molecule has 1 aliphatic rings. The van der Waals surface area contributed by atoms with Gasteiger partial charge in [0.1, 0.15) is 0 Å². The first-order valence-corrected chi connectivity index (χ1v) is 7.40. The predicted octanol–water partition coefficient (Wildman–Crippen LogP) is 3.91. The summed E-state index contributed by atoms with van der Waals surface area (Å²) in [5.74, 6) is 0.760. The lowest BCUT2D eigenvalue weighted by atomic mass is 9.99. The molecule has 0 bridgehead atoms. The van der Waals surface area contributed by atoms with Gasteiger partial charge in [-0.15, -0.1) is 0 Å². The van der Waals surface area contributed by atoms with Crippen LogP contribution in [0.25, 0.3) is 0 Å². The molecule has 1 heterocycles. The van der Waals surface area contributed by atoms with E-state index in [1.807, 2.05) is 0 Å². The maximum absolute atomic E-state index is 3.76. The van der Waals surface area contributed by atoms with Gasteiger partial charge < -0.3 is 0 Å². The quantitative estimate of drug-likeness (QED) is 0.748. The largest absolute Gasteiger partial charge is 0.299 e. The molecule has 94 valence electrons. The van der Waals surface area contributed by atoms with Gasteiger partial charge in [0.2, 0.25) is 0 Å². The minimum absolute atomic E-state index is 0.707. The van der Waals surface area contributed by atoms with Crippen LogP contribution in [0.4, 0.5) is 0 Å². The number of hydrogen-bond donors (Lipinski definition) is 0. The molecule has 1 aromatic carbocycles. The summed E-state index contributed by atoms with van der Waals surface area (Å²) in [7, 11) is 0. The monoisotopic (exact) mass is 295 g/mol. The van der Waals surface area contributed by atoms with Crippen LogP contribution in [0, 0.1) is 19.8 Å². The molecule has 0 saturated carbocycles. The number of benzene rings is 1. The zero-order chi connectivity index (χ0) is 12.4. The van der Waals surface area contributed by atoms with Crippen LogP contribution < -0.4 is 0 Å². The van der Waals surface area contributed by atoms with Gasteiger partial charge in [-0.3, -0.25) is 4.90 Å². The Morgan fingerprint density at radius 2 is 2.06 bits per heavy atom. The number of piperidine rings is 1. The molecule has 0 aliphatic carbocycles. The first-order valence-electron chi connectivity index (χ1n) is 6.49. The van der Waals surface area contributed by atoms with E-state index < -0.39 is 0 Å². The second kappa shape index (κ2) is 5.53. The summed E-state index contributed by atoms with van der Waals surface area (Å²) < 4.78 is 0. The van der Waals surface area contributed by atoms with Gasteiger partial charge in [0.25, 0.3) is 0 Å². The van der Waals surface area contributed by atoms with Crippen LogP contribution in [-0.2, 0) is 6.54 Å². The van der Waals surface area contributed by atoms with Crippen LogP contribution in [0.5, 0.6) is 0 Å². The Bertz CT molecular complexity index is 389. The number of alkyl halides is 1. The molecule has 2 unspecified atom stereocenters. The van der Waals surface area contributed by atoms with Gasteiger partial charge in [-0.25, -0.2) is 0 Å². The Balaban J connectivity index is 1.99. The zero-order valence-electron chi connectivity index (χ0n) is 11.0. The fourth-order valence-corrected chi connectivity index (χ4v) is 2.88. The van der Waals surface area contributed by atoms with Crippen molar-refractivity contribution in [3.63, 3.8) is 0 Å². The molecular formula is C15H22BrN. The fraction of sp³-hybridized carbons (Fsp3) is 0.600. The SMILES string of the molecule is Cc1ccc(CN2CCC(Br)C(C)C2)cc1C. The van der Waals surface area contributed by atoms with Crippen molar-refractivity contribution in [3.8, 4) is 0 Å². The predicted molar refractivity (Wildman–Crippen MR) is 77.7 cm³/mol.